The number of carboxylic acid groups (broad SMARTS) is 1. The maximum Gasteiger partial charge on any atom is 0.335 e. The van der Waals surface area contributed by atoms with Gasteiger partial charge >= 0.3 is 5.97 Å². The van der Waals surface area contributed by atoms with E-state index in [4.69, 9.17) is 21.4 Å². The van der Waals surface area contributed by atoms with E-state index >= 15 is 0 Å². The molecule has 0 saturated carbocycles. The Kier molecular flexibility index (Phi) is 5.82. The molecule has 1 saturated heterocycles. The molecule has 0 aromatic heterocycles. The van der Waals surface area contributed by atoms with Gasteiger partial charge in [0.25, 0.3) is 0 Å². The van der Waals surface area contributed by atoms with E-state index in [1.165, 1.54) is 0 Å². The van der Waals surface area contributed by atoms with E-state index in [0.717, 1.165) is 11.1 Å². The second-order valence-corrected chi connectivity index (χ2v) is 7.30. The number of halogens is 1. The monoisotopic (exact) mass is 387 g/mol. The molecule has 27 heavy (non-hydrogen) atoms. The Labute approximate surface area is 163 Å². The first-order valence-corrected chi connectivity index (χ1v) is 9.22. The number of likely N-dealkylation sites (N-methyl/N-ethyl adjacent to an activating group) is 1. The predicted molar refractivity (Wildman–Crippen MR) is 103 cm³/mol. The molecule has 0 atom stereocenters. The molecule has 0 radical (unpaired) electrons. The first-order chi connectivity index (χ1) is 12.9. The lowest BCUT2D eigenvalue weighted by atomic mass is 9.73. The van der Waals surface area contributed by atoms with Gasteiger partial charge in [-0.15, -0.1) is 0 Å². The van der Waals surface area contributed by atoms with Gasteiger partial charge in [0.15, 0.2) is 0 Å². The quantitative estimate of drug-likeness (QED) is 0.848. The molecule has 6 heteroatoms. The third-order valence-electron chi connectivity index (χ3n) is 5.10. The molecule has 0 spiro atoms. The molecule has 1 amide bonds. The van der Waals surface area contributed by atoms with Crippen LogP contribution in [-0.4, -0.2) is 42.1 Å². The smallest absolute Gasteiger partial charge is 0.335 e. The molecule has 0 bridgehead atoms. The highest BCUT2D eigenvalue weighted by molar-refractivity contribution is 6.30. The minimum atomic E-state index is -0.965. The number of carbonyl (C=O) groups excluding carboxylic acids is 1. The fraction of sp³-hybridized carbons (Fsp3) is 0.333. The zero-order chi connectivity index (χ0) is 19.4. The van der Waals surface area contributed by atoms with Crippen LogP contribution < -0.4 is 0 Å². The van der Waals surface area contributed by atoms with Crippen molar-refractivity contribution >= 4 is 23.5 Å². The first-order valence-electron chi connectivity index (χ1n) is 8.84. The standard InChI is InChI=1S/C21H22ClNO4/c1-23(14-15-5-7-16(8-6-15)19(24)25)20(26)21(9-11-27-12-10-21)17-3-2-4-18(22)13-17/h2-8,13H,9-12,14H2,1H3,(H,24,25). The Hall–Kier alpha value is -2.37. The molecular weight excluding hydrogens is 366 g/mol. The zero-order valence-electron chi connectivity index (χ0n) is 15.2. The average molecular weight is 388 g/mol. The molecule has 2 aromatic carbocycles. The van der Waals surface area contributed by atoms with E-state index in [1.54, 1.807) is 42.3 Å². The number of hydrogen-bond acceptors (Lipinski definition) is 3. The highest BCUT2D eigenvalue weighted by Crippen LogP contribution is 2.37. The van der Waals surface area contributed by atoms with Crippen molar-refractivity contribution < 1.29 is 19.4 Å². The Balaban J connectivity index is 1.84. The number of carboxylic acids is 1. The van der Waals surface area contributed by atoms with Gasteiger partial charge in [-0.25, -0.2) is 4.79 Å². The number of nitrogens with zero attached hydrogens (tertiary/aromatic N) is 1. The van der Waals surface area contributed by atoms with Crippen LogP contribution in [0.4, 0.5) is 0 Å². The fourth-order valence-electron chi connectivity index (χ4n) is 3.60. The van der Waals surface area contributed by atoms with Crippen molar-refractivity contribution in [1.82, 2.24) is 4.90 Å². The summed E-state index contributed by atoms with van der Waals surface area (Å²) in [6.45, 7) is 1.46. The third-order valence-corrected chi connectivity index (χ3v) is 5.34. The molecule has 142 valence electrons. The van der Waals surface area contributed by atoms with Crippen molar-refractivity contribution in [2.75, 3.05) is 20.3 Å². The molecule has 1 aliphatic heterocycles. The molecule has 3 rings (SSSR count). The number of ether oxygens (including phenoxy) is 1. The van der Waals surface area contributed by atoms with Crippen LogP contribution in [0.25, 0.3) is 0 Å². The summed E-state index contributed by atoms with van der Waals surface area (Å²) < 4.78 is 5.50. The van der Waals surface area contributed by atoms with Crippen LogP contribution in [0.2, 0.25) is 5.02 Å². The zero-order valence-corrected chi connectivity index (χ0v) is 15.9. The number of benzene rings is 2. The number of hydrogen-bond donors (Lipinski definition) is 1. The van der Waals surface area contributed by atoms with Crippen LogP contribution >= 0.6 is 11.6 Å². The van der Waals surface area contributed by atoms with Crippen molar-refractivity contribution in [3.63, 3.8) is 0 Å². The van der Waals surface area contributed by atoms with Crippen LogP contribution in [0.5, 0.6) is 0 Å². The predicted octanol–water partition coefficient (Wildman–Crippen LogP) is 3.75. The Bertz CT molecular complexity index is 828. The Morgan fingerprint density at radius 1 is 1.15 bits per heavy atom. The SMILES string of the molecule is CN(Cc1ccc(C(=O)O)cc1)C(=O)C1(c2cccc(Cl)c2)CCOCC1. The lowest BCUT2D eigenvalue weighted by molar-refractivity contribution is -0.140. The summed E-state index contributed by atoms with van der Waals surface area (Å²) in [7, 11) is 1.77. The third kappa shape index (κ3) is 4.15. The largest absolute Gasteiger partial charge is 0.478 e. The lowest BCUT2D eigenvalue weighted by Crippen LogP contribution is -2.48. The molecule has 5 nitrogen and oxygen atoms in total. The average Bonchev–Trinajstić information content (AvgIpc) is 2.68. The van der Waals surface area contributed by atoms with Gasteiger partial charge in [0.2, 0.25) is 5.91 Å². The summed E-state index contributed by atoms with van der Waals surface area (Å²) in [6.07, 6.45) is 1.21. The van der Waals surface area contributed by atoms with Crippen LogP contribution in [0.15, 0.2) is 48.5 Å². The van der Waals surface area contributed by atoms with Gasteiger partial charge in [-0.2, -0.15) is 0 Å². The Morgan fingerprint density at radius 2 is 1.81 bits per heavy atom. The van der Waals surface area contributed by atoms with Gasteiger partial charge in [-0.1, -0.05) is 35.9 Å². The summed E-state index contributed by atoms with van der Waals surface area (Å²) in [6, 6.07) is 14.1. The minimum absolute atomic E-state index is 0.0235. The summed E-state index contributed by atoms with van der Waals surface area (Å²) in [4.78, 5) is 26.1. The molecule has 1 heterocycles. The molecule has 1 N–H and O–H groups in total. The van der Waals surface area contributed by atoms with Crippen molar-refractivity contribution in [3.8, 4) is 0 Å². The number of amides is 1. The van der Waals surface area contributed by atoms with Crippen LogP contribution in [-0.2, 0) is 21.5 Å². The van der Waals surface area contributed by atoms with Crippen molar-refractivity contribution in [1.29, 1.82) is 0 Å². The summed E-state index contributed by atoms with van der Waals surface area (Å²) in [5.41, 5.74) is 1.37. The van der Waals surface area contributed by atoms with Crippen LogP contribution in [0.1, 0.15) is 34.3 Å². The number of carbonyl (C=O) groups is 2. The molecule has 1 fully saturated rings. The maximum atomic E-state index is 13.4. The van der Waals surface area contributed by atoms with Crippen LogP contribution in [0.3, 0.4) is 0 Å². The van der Waals surface area contributed by atoms with E-state index in [0.29, 0.717) is 37.6 Å². The van der Waals surface area contributed by atoms with Gasteiger partial charge in [0.05, 0.1) is 11.0 Å². The van der Waals surface area contributed by atoms with E-state index in [1.807, 2.05) is 18.2 Å². The lowest BCUT2D eigenvalue weighted by Gasteiger charge is -2.39. The second kappa shape index (κ2) is 8.11. The highest BCUT2D eigenvalue weighted by Gasteiger charge is 2.43. The molecule has 0 aliphatic carbocycles. The van der Waals surface area contributed by atoms with Crippen LogP contribution in [0, 0.1) is 0 Å². The van der Waals surface area contributed by atoms with Gasteiger partial charge in [0, 0.05) is 31.8 Å². The van der Waals surface area contributed by atoms with E-state index in [9.17, 15) is 9.59 Å². The van der Waals surface area contributed by atoms with Gasteiger partial charge in [0.1, 0.15) is 0 Å². The summed E-state index contributed by atoms with van der Waals surface area (Å²) in [5.74, 6) is -0.941. The Morgan fingerprint density at radius 3 is 2.41 bits per heavy atom. The number of rotatable bonds is 5. The molecule has 1 aliphatic rings. The van der Waals surface area contributed by atoms with Gasteiger partial charge < -0.3 is 14.7 Å². The van der Waals surface area contributed by atoms with E-state index < -0.39 is 11.4 Å². The van der Waals surface area contributed by atoms with Crippen molar-refractivity contribution in [2.24, 2.45) is 0 Å². The van der Waals surface area contributed by atoms with E-state index in [2.05, 4.69) is 0 Å². The summed E-state index contributed by atoms with van der Waals surface area (Å²) >= 11 is 6.18. The van der Waals surface area contributed by atoms with Gasteiger partial charge in [-0.3, -0.25) is 4.79 Å². The van der Waals surface area contributed by atoms with Crippen molar-refractivity contribution in [2.45, 2.75) is 24.8 Å². The van der Waals surface area contributed by atoms with Crippen molar-refractivity contribution in [3.05, 3.63) is 70.2 Å². The molecule has 0 unspecified atom stereocenters. The summed E-state index contributed by atoms with van der Waals surface area (Å²) in [5, 5.41) is 9.62. The molecule has 2 aromatic rings. The minimum Gasteiger partial charge on any atom is -0.478 e. The number of aromatic carboxylic acids is 1. The maximum absolute atomic E-state index is 13.4. The topological polar surface area (TPSA) is 66.8 Å². The normalized spacial score (nSPS) is 15.9. The molecular formula is C21H22ClNO4. The highest BCUT2D eigenvalue weighted by atomic mass is 35.5. The first kappa shape index (κ1) is 19.4. The van der Waals surface area contributed by atoms with Gasteiger partial charge in [-0.05, 0) is 48.2 Å². The fourth-order valence-corrected chi connectivity index (χ4v) is 3.79. The second-order valence-electron chi connectivity index (χ2n) is 6.87. The van der Waals surface area contributed by atoms with E-state index in [-0.39, 0.29) is 11.5 Å².